The standard InChI is InChI=1S/C21H25Cl2N3/c1-2-24-10-5-11-25-13-17-15-26(21-7-4-3-6-19(17)21)14-16-8-9-18(22)12-20(16)23/h3-4,6-9,12,15,24-25H,2,5,10-11,13-14H2,1H3. The van der Waals surface area contributed by atoms with Crippen LogP contribution >= 0.6 is 23.2 Å². The number of para-hydroxylation sites is 1. The molecule has 0 bridgehead atoms. The van der Waals surface area contributed by atoms with Gasteiger partial charge in [-0.25, -0.2) is 0 Å². The van der Waals surface area contributed by atoms with E-state index in [1.807, 2.05) is 12.1 Å². The van der Waals surface area contributed by atoms with Crippen molar-refractivity contribution in [2.75, 3.05) is 19.6 Å². The predicted octanol–water partition coefficient (Wildman–Crippen LogP) is 5.09. The van der Waals surface area contributed by atoms with Crippen LogP contribution < -0.4 is 10.6 Å². The molecule has 0 aliphatic carbocycles. The van der Waals surface area contributed by atoms with E-state index in [1.54, 1.807) is 6.07 Å². The maximum absolute atomic E-state index is 6.37. The van der Waals surface area contributed by atoms with Gasteiger partial charge in [0.1, 0.15) is 0 Å². The van der Waals surface area contributed by atoms with Crippen molar-refractivity contribution in [3.05, 3.63) is 69.8 Å². The van der Waals surface area contributed by atoms with Crippen molar-refractivity contribution < 1.29 is 0 Å². The van der Waals surface area contributed by atoms with Gasteiger partial charge in [-0.05, 0) is 55.4 Å². The summed E-state index contributed by atoms with van der Waals surface area (Å²) in [6.07, 6.45) is 3.36. The van der Waals surface area contributed by atoms with Gasteiger partial charge in [0.25, 0.3) is 0 Å². The molecule has 0 saturated heterocycles. The molecule has 0 fully saturated rings. The summed E-state index contributed by atoms with van der Waals surface area (Å²) in [6.45, 7) is 6.83. The van der Waals surface area contributed by atoms with Gasteiger partial charge in [0.15, 0.2) is 0 Å². The number of nitrogens with zero attached hydrogens (tertiary/aromatic N) is 1. The molecule has 0 unspecified atom stereocenters. The fraction of sp³-hybridized carbons (Fsp3) is 0.333. The molecule has 2 aromatic carbocycles. The summed E-state index contributed by atoms with van der Waals surface area (Å²) in [5, 5.41) is 9.56. The summed E-state index contributed by atoms with van der Waals surface area (Å²) in [5.74, 6) is 0. The molecule has 26 heavy (non-hydrogen) atoms. The Hall–Kier alpha value is -1.52. The van der Waals surface area contributed by atoms with Gasteiger partial charge < -0.3 is 15.2 Å². The minimum absolute atomic E-state index is 0.665. The topological polar surface area (TPSA) is 29.0 Å². The van der Waals surface area contributed by atoms with Crippen LogP contribution in [-0.4, -0.2) is 24.2 Å². The Labute approximate surface area is 165 Å². The zero-order valence-corrected chi connectivity index (χ0v) is 16.6. The second-order valence-corrected chi connectivity index (χ2v) is 7.26. The molecule has 3 nitrogen and oxygen atoms in total. The Kier molecular flexibility index (Phi) is 6.98. The van der Waals surface area contributed by atoms with Gasteiger partial charge in [0, 0.05) is 40.2 Å². The van der Waals surface area contributed by atoms with Crippen LogP contribution in [0.1, 0.15) is 24.5 Å². The van der Waals surface area contributed by atoms with Gasteiger partial charge in [0.2, 0.25) is 0 Å². The summed E-state index contributed by atoms with van der Waals surface area (Å²) in [7, 11) is 0. The minimum atomic E-state index is 0.665. The van der Waals surface area contributed by atoms with Gasteiger partial charge in [-0.2, -0.15) is 0 Å². The fourth-order valence-electron chi connectivity index (χ4n) is 3.17. The Morgan fingerprint density at radius 2 is 1.77 bits per heavy atom. The molecule has 0 saturated carbocycles. The molecule has 0 spiro atoms. The SMILES string of the molecule is CCNCCCNCc1cn(Cc2ccc(Cl)cc2Cl)c2ccccc12. The third-order valence-electron chi connectivity index (χ3n) is 4.50. The van der Waals surface area contributed by atoms with Crippen LogP contribution in [0.3, 0.4) is 0 Å². The van der Waals surface area contributed by atoms with Crippen LogP contribution in [0.5, 0.6) is 0 Å². The second kappa shape index (κ2) is 9.43. The molecule has 2 N–H and O–H groups in total. The van der Waals surface area contributed by atoms with Crippen molar-refractivity contribution in [1.82, 2.24) is 15.2 Å². The molecule has 0 aliphatic heterocycles. The summed E-state index contributed by atoms with van der Waals surface area (Å²) in [6, 6.07) is 14.2. The number of hydrogen-bond acceptors (Lipinski definition) is 2. The largest absolute Gasteiger partial charge is 0.343 e. The van der Waals surface area contributed by atoms with Crippen LogP contribution in [0.15, 0.2) is 48.7 Å². The van der Waals surface area contributed by atoms with Crippen molar-refractivity contribution in [2.24, 2.45) is 0 Å². The van der Waals surface area contributed by atoms with E-state index in [9.17, 15) is 0 Å². The van der Waals surface area contributed by atoms with E-state index < -0.39 is 0 Å². The first-order valence-corrected chi connectivity index (χ1v) is 9.86. The normalized spacial score (nSPS) is 11.3. The molecule has 0 atom stereocenters. The Balaban J connectivity index is 1.74. The van der Waals surface area contributed by atoms with Gasteiger partial charge in [-0.1, -0.05) is 54.4 Å². The number of benzene rings is 2. The number of nitrogens with one attached hydrogen (secondary N) is 2. The molecule has 0 amide bonds. The lowest BCUT2D eigenvalue weighted by atomic mass is 10.2. The van der Waals surface area contributed by atoms with E-state index in [0.717, 1.165) is 44.7 Å². The first-order chi connectivity index (χ1) is 12.7. The number of rotatable bonds is 9. The molecular formula is C21H25Cl2N3. The highest BCUT2D eigenvalue weighted by atomic mass is 35.5. The maximum Gasteiger partial charge on any atom is 0.0491 e. The monoisotopic (exact) mass is 389 g/mol. The average molecular weight is 390 g/mol. The summed E-state index contributed by atoms with van der Waals surface area (Å²) in [4.78, 5) is 0. The lowest BCUT2D eigenvalue weighted by molar-refractivity contribution is 0.606. The molecule has 3 rings (SSSR count). The van der Waals surface area contributed by atoms with E-state index in [0.29, 0.717) is 10.0 Å². The van der Waals surface area contributed by atoms with E-state index in [2.05, 4.69) is 52.6 Å². The molecule has 1 aromatic heterocycles. The first-order valence-electron chi connectivity index (χ1n) is 9.11. The van der Waals surface area contributed by atoms with Gasteiger partial charge >= 0.3 is 0 Å². The number of halogens is 2. The van der Waals surface area contributed by atoms with E-state index in [-0.39, 0.29) is 0 Å². The summed E-state index contributed by atoms with van der Waals surface area (Å²) >= 11 is 12.4. The summed E-state index contributed by atoms with van der Waals surface area (Å²) in [5.41, 5.74) is 3.61. The quantitative estimate of drug-likeness (QED) is 0.499. The molecule has 0 aliphatic rings. The molecule has 138 valence electrons. The van der Waals surface area contributed by atoms with Gasteiger partial charge in [-0.15, -0.1) is 0 Å². The average Bonchev–Trinajstić information content (AvgIpc) is 2.98. The van der Waals surface area contributed by atoms with Gasteiger partial charge in [-0.3, -0.25) is 0 Å². The maximum atomic E-state index is 6.37. The van der Waals surface area contributed by atoms with Gasteiger partial charge in [0.05, 0.1) is 0 Å². The Bertz CT molecular complexity index is 858. The lowest BCUT2D eigenvalue weighted by Gasteiger charge is -2.08. The second-order valence-electron chi connectivity index (χ2n) is 6.42. The molecule has 3 aromatic rings. The van der Waals surface area contributed by atoms with Crippen LogP contribution in [0, 0.1) is 0 Å². The van der Waals surface area contributed by atoms with Crippen molar-refractivity contribution in [3.8, 4) is 0 Å². The first kappa shape index (κ1) is 19.2. The Morgan fingerprint density at radius 3 is 2.58 bits per heavy atom. The molecule has 1 heterocycles. The fourth-order valence-corrected chi connectivity index (χ4v) is 3.63. The van der Waals surface area contributed by atoms with Crippen molar-refractivity contribution in [3.63, 3.8) is 0 Å². The highest BCUT2D eigenvalue weighted by molar-refractivity contribution is 6.35. The van der Waals surface area contributed by atoms with Crippen LogP contribution in [-0.2, 0) is 13.1 Å². The summed E-state index contributed by atoms with van der Waals surface area (Å²) < 4.78 is 2.26. The zero-order chi connectivity index (χ0) is 18.4. The van der Waals surface area contributed by atoms with Crippen molar-refractivity contribution in [2.45, 2.75) is 26.4 Å². The lowest BCUT2D eigenvalue weighted by Crippen LogP contribution is -2.21. The van der Waals surface area contributed by atoms with Crippen LogP contribution in [0.4, 0.5) is 0 Å². The highest BCUT2D eigenvalue weighted by Crippen LogP contribution is 2.26. The van der Waals surface area contributed by atoms with E-state index in [1.165, 1.54) is 16.5 Å². The number of aromatic nitrogens is 1. The third kappa shape index (κ3) is 4.80. The number of hydrogen-bond donors (Lipinski definition) is 2. The number of fused-ring (bicyclic) bond motifs is 1. The predicted molar refractivity (Wildman–Crippen MR) is 112 cm³/mol. The third-order valence-corrected chi connectivity index (χ3v) is 5.09. The molecule has 0 radical (unpaired) electrons. The van der Waals surface area contributed by atoms with Crippen LogP contribution in [0.25, 0.3) is 10.9 Å². The Morgan fingerprint density at radius 1 is 0.962 bits per heavy atom. The molecule has 5 heteroatoms. The molecular weight excluding hydrogens is 365 g/mol. The zero-order valence-electron chi connectivity index (χ0n) is 15.1. The van der Waals surface area contributed by atoms with Crippen molar-refractivity contribution >= 4 is 34.1 Å². The highest BCUT2D eigenvalue weighted by Gasteiger charge is 2.10. The van der Waals surface area contributed by atoms with E-state index in [4.69, 9.17) is 23.2 Å². The smallest absolute Gasteiger partial charge is 0.0491 e. The minimum Gasteiger partial charge on any atom is -0.343 e. The van der Waals surface area contributed by atoms with Crippen molar-refractivity contribution in [1.29, 1.82) is 0 Å². The van der Waals surface area contributed by atoms with E-state index >= 15 is 0 Å². The van der Waals surface area contributed by atoms with Crippen LogP contribution in [0.2, 0.25) is 10.0 Å².